The molecule has 0 aromatic heterocycles. The molecule has 1 rings (SSSR count). The number of amides is 1. The van der Waals surface area contributed by atoms with Crippen LogP contribution < -0.4 is 5.32 Å². The molecule has 5 heteroatoms. The minimum absolute atomic E-state index is 0.154. The molecule has 0 heterocycles. The second-order valence-corrected chi connectivity index (χ2v) is 2.86. The third-order valence-electron chi connectivity index (χ3n) is 1.47. The lowest BCUT2D eigenvalue weighted by atomic mass is 10.3. The van der Waals surface area contributed by atoms with Crippen LogP contribution in [0.15, 0.2) is 18.2 Å². The van der Waals surface area contributed by atoms with Gasteiger partial charge in [0.05, 0.1) is 16.8 Å². The summed E-state index contributed by atoms with van der Waals surface area (Å²) in [5, 5.41) is 10.4. The molecule has 0 spiro atoms. The summed E-state index contributed by atoms with van der Waals surface area (Å²) in [5.74, 6) is -1.12. The van der Waals surface area contributed by atoms with Crippen molar-refractivity contribution in [1.29, 1.82) is 5.26 Å². The van der Waals surface area contributed by atoms with Crippen molar-refractivity contribution in [2.24, 2.45) is 0 Å². The number of anilines is 1. The second-order valence-electron chi connectivity index (χ2n) is 2.48. The van der Waals surface area contributed by atoms with Crippen LogP contribution in [-0.2, 0) is 4.79 Å². The number of halogens is 2. The first kappa shape index (κ1) is 10.5. The van der Waals surface area contributed by atoms with E-state index < -0.39 is 11.7 Å². The van der Waals surface area contributed by atoms with Crippen molar-refractivity contribution in [2.45, 2.75) is 6.42 Å². The van der Waals surface area contributed by atoms with Crippen LogP contribution in [-0.4, -0.2) is 5.91 Å². The Bertz CT molecular complexity index is 400. The Morgan fingerprint density at radius 1 is 1.64 bits per heavy atom. The van der Waals surface area contributed by atoms with Crippen molar-refractivity contribution >= 4 is 23.2 Å². The Kier molecular flexibility index (Phi) is 3.43. The zero-order valence-corrected chi connectivity index (χ0v) is 7.81. The molecule has 1 N–H and O–H groups in total. The van der Waals surface area contributed by atoms with Crippen LogP contribution in [0.1, 0.15) is 6.42 Å². The number of hydrogen-bond donors (Lipinski definition) is 1. The molecule has 0 aliphatic carbocycles. The molecule has 0 saturated heterocycles. The minimum Gasteiger partial charge on any atom is -0.324 e. The molecule has 1 aromatic carbocycles. The van der Waals surface area contributed by atoms with Gasteiger partial charge in [-0.2, -0.15) is 5.26 Å². The Morgan fingerprint density at radius 3 is 3.00 bits per heavy atom. The highest BCUT2D eigenvalue weighted by molar-refractivity contribution is 6.33. The van der Waals surface area contributed by atoms with E-state index in [4.69, 9.17) is 16.9 Å². The molecule has 14 heavy (non-hydrogen) atoms. The molecule has 0 radical (unpaired) electrons. The number of nitrogens with one attached hydrogen (secondary N) is 1. The second kappa shape index (κ2) is 4.58. The van der Waals surface area contributed by atoms with E-state index in [1.54, 1.807) is 6.07 Å². The average molecular weight is 213 g/mol. The van der Waals surface area contributed by atoms with Crippen molar-refractivity contribution in [3.05, 3.63) is 29.0 Å². The Labute approximate surface area is 85.1 Å². The van der Waals surface area contributed by atoms with Gasteiger partial charge >= 0.3 is 0 Å². The van der Waals surface area contributed by atoms with Crippen molar-refractivity contribution in [1.82, 2.24) is 0 Å². The lowest BCUT2D eigenvalue weighted by Crippen LogP contribution is -2.10. The fourth-order valence-corrected chi connectivity index (χ4v) is 1.04. The number of hydrogen-bond acceptors (Lipinski definition) is 2. The van der Waals surface area contributed by atoms with Crippen LogP contribution in [0.3, 0.4) is 0 Å². The Balaban J connectivity index is 2.83. The van der Waals surface area contributed by atoms with Crippen LogP contribution in [0.2, 0.25) is 5.02 Å². The third-order valence-corrected chi connectivity index (χ3v) is 1.85. The van der Waals surface area contributed by atoms with Crippen molar-refractivity contribution in [3.63, 3.8) is 0 Å². The number of carbonyl (C=O) groups is 1. The molecular weight excluding hydrogens is 207 g/mol. The number of nitriles is 1. The van der Waals surface area contributed by atoms with Crippen molar-refractivity contribution in [2.75, 3.05) is 5.32 Å². The highest BCUT2D eigenvalue weighted by Gasteiger charge is 2.08. The summed E-state index contributed by atoms with van der Waals surface area (Å²) in [6, 6.07) is 5.73. The summed E-state index contributed by atoms with van der Waals surface area (Å²) >= 11 is 5.56. The van der Waals surface area contributed by atoms with Gasteiger partial charge in [-0.05, 0) is 12.1 Å². The first-order valence-electron chi connectivity index (χ1n) is 3.76. The molecule has 0 saturated carbocycles. The first-order chi connectivity index (χ1) is 6.65. The topological polar surface area (TPSA) is 52.9 Å². The van der Waals surface area contributed by atoms with E-state index in [1.807, 2.05) is 0 Å². The molecular formula is C9H6ClFN2O. The predicted octanol–water partition coefficient (Wildman–Crippen LogP) is 2.33. The van der Waals surface area contributed by atoms with Crippen LogP contribution in [0.25, 0.3) is 0 Å². The number of nitrogens with zero attached hydrogens (tertiary/aromatic N) is 1. The summed E-state index contributed by atoms with van der Waals surface area (Å²) in [6.07, 6.45) is -0.285. The average Bonchev–Trinajstić information content (AvgIpc) is 2.13. The maximum atomic E-state index is 12.9. The van der Waals surface area contributed by atoms with Gasteiger partial charge in [-0.3, -0.25) is 4.79 Å². The fourth-order valence-electron chi connectivity index (χ4n) is 0.867. The summed E-state index contributed by atoms with van der Waals surface area (Å²) in [4.78, 5) is 11.0. The normalized spacial score (nSPS) is 9.21. The molecule has 3 nitrogen and oxygen atoms in total. The number of benzene rings is 1. The SMILES string of the molecule is N#CCC(=O)Nc1cccc(F)c1Cl. The molecule has 1 aromatic rings. The van der Waals surface area contributed by atoms with Gasteiger partial charge < -0.3 is 5.32 Å². The molecule has 0 unspecified atom stereocenters. The predicted molar refractivity (Wildman–Crippen MR) is 50.3 cm³/mol. The summed E-state index contributed by atoms with van der Waals surface area (Å²) < 4.78 is 12.9. The first-order valence-corrected chi connectivity index (χ1v) is 4.13. The van der Waals surface area contributed by atoms with Gasteiger partial charge in [0.25, 0.3) is 0 Å². The van der Waals surface area contributed by atoms with Crippen molar-refractivity contribution < 1.29 is 9.18 Å². The maximum Gasteiger partial charge on any atom is 0.238 e. The summed E-state index contributed by atoms with van der Waals surface area (Å²) in [7, 11) is 0. The van der Waals surface area contributed by atoms with Crippen molar-refractivity contribution in [3.8, 4) is 6.07 Å². The molecule has 0 aliphatic heterocycles. The zero-order chi connectivity index (χ0) is 10.6. The van der Waals surface area contributed by atoms with E-state index in [2.05, 4.69) is 5.32 Å². The monoisotopic (exact) mass is 212 g/mol. The largest absolute Gasteiger partial charge is 0.324 e. The highest BCUT2D eigenvalue weighted by Crippen LogP contribution is 2.24. The highest BCUT2D eigenvalue weighted by atomic mass is 35.5. The van der Waals surface area contributed by atoms with E-state index in [9.17, 15) is 9.18 Å². The quantitative estimate of drug-likeness (QED) is 0.818. The molecule has 0 atom stereocenters. The van der Waals surface area contributed by atoms with Gasteiger partial charge in [-0.25, -0.2) is 4.39 Å². The number of carbonyl (C=O) groups excluding carboxylic acids is 1. The third kappa shape index (κ3) is 2.44. The van der Waals surface area contributed by atoms with Gasteiger partial charge in [-0.1, -0.05) is 17.7 Å². The van der Waals surface area contributed by atoms with Gasteiger partial charge in [0.1, 0.15) is 12.2 Å². The molecule has 0 bridgehead atoms. The van der Waals surface area contributed by atoms with E-state index >= 15 is 0 Å². The van der Waals surface area contributed by atoms with E-state index in [1.165, 1.54) is 18.2 Å². The van der Waals surface area contributed by atoms with Crippen LogP contribution in [0.4, 0.5) is 10.1 Å². The Morgan fingerprint density at radius 2 is 2.36 bits per heavy atom. The van der Waals surface area contributed by atoms with Gasteiger partial charge in [0, 0.05) is 0 Å². The Hall–Kier alpha value is -1.60. The molecule has 1 amide bonds. The summed E-state index contributed by atoms with van der Waals surface area (Å²) in [5.41, 5.74) is 0.173. The van der Waals surface area contributed by atoms with Crippen LogP contribution >= 0.6 is 11.6 Å². The van der Waals surface area contributed by atoms with Crippen LogP contribution in [0, 0.1) is 17.1 Å². The maximum absolute atomic E-state index is 12.9. The van der Waals surface area contributed by atoms with E-state index in [0.717, 1.165) is 0 Å². The molecule has 0 fully saturated rings. The van der Waals surface area contributed by atoms with Gasteiger partial charge in [0.2, 0.25) is 5.91 Å². The smallest absolute Gasteiger partial charge is 0.238 e. The van der Waals surface area contributed by atoms with Crippen LogP contribution in [0.5, 0.6) is 0 Å². The fraction of sp³-hybridized carbons (Fsp3) is 0.111. The number of rotatable bonds is 2. The van der Waals surface area contributed by atoms with E-state index in [0.29, 0.717) is 0 Å². The van der Waals surface area contributed by atoms with E-state index in [-0.39, 0.29) is 17.1 Å². The lowest BCUT2D eigenvalue weighted by molar-refractivity contribution is -0.115. The molecule has 72 valence electrons. The lowest BCUT2D eigenvalue weighted by Gasteiger charge is -2.04. The zero-order valence-electron chi connectivity index (χ0n) is 7.05. The van der Waals surface area contributed by atoms with Gasteiger partial charge in [-0.15, -0.1) is 0 Å². The standard InChI is InChI=1S/C9H6ClFN2O/c10-9-6(11)2-1-3-7(9)13-8(14)4-5-12/h1-3H,4H2,(H,13,14). The summed E-state index contributed by atoms with van der Waals surface area (Å²) in [6.45, 7) is 0. The van der Waals surface area contributed by atoms with Gasteiger partial charge in [0.15, 0.2) is 0 Å². The minimum atomic E-state index is -0.610. The molecule has 0 aliphatic rings.